The summed E-state index contributed by atoms with van der Waals surface area (Å²) < 4.78 is 0. The highest BCUT2D eigenvalue weighted by Gasteiger charge is 2.30. The second-order valence-electron chi connectivity index (χ2n) is 13.8. The molecule has 2 aromatic carbocycles. The molecule has 0 aliphatic heterocycles. The molecule has 2 atom stereocenters. The quantitative estimate of drug-likeness (QED) is 0.253. The number of rotatable bonds is 12. The van der Waals surface area contributed by atoms with E-state index < -0.39 is 0 Å². The summed E-state index contributed by atoms with van der Waals surface area (Å²) in [6, 6.07) is 10.1. The zero-order valence-electron chi connectivity index (χ0n) is 26.7. The monoisotopic (exact) mass is 502 g/mol. The Hall–Kier alpha value is -1.82. The van der Waals surface area contributed by atoms with Crippen molar-refractivity contribution in [1.29, 1.82) is 0 Å². The maximum Gasteiger partial charge on any atom is -0.000745 e. The Balaban J connectivity index is 2.74. The highest BCUT2D eigenvalue weighted by molar-refractivity contribution is 5.50. The normalized spacial score (nSPS) is 14.2. The van der Waals surface area contributed by atoms with Crippen molar-refractivity contribution in [1.82, 2.24) is 0 Å². The van der Waals surface area contributed by atoms with E-state index in [9.17, 15) is 0 Å². The minimum Gasteiger partial charge on any atom is -0.102 e. The van der Waals surface area contributed by atoms with Crippen LogP contribution in [0.5, 0.6) is 0 Å². The van der Waals surface area contributed by atoms with Crippen molar-refractivity contribution in [3.8, 4) is 0 Å². The zero-order chi connectivity index (χ0) is 28.2. The first kappa shape index (κ1) is 31.4. The van der Waals surface area contributed by atoms with Crippen LogP contribution in [0.2, 0.25) is 0 Å². The molecule has 0 aliphatic carbocycles. The topological polar surface area (TPSA) is 0 Å². The number of hydrogen-bond donors (Lipinski definition) is 0. The second kappa shape index (κ2) is 12.8. The standard InChI is InChI=1S/C37H58/c1-15-27(11)22-37(13,14)36-33(25(7)8)20-30(21-34(36)26(9)10)17-29-18-31(23(3)4)35(28(12)16-2)32(19-29)24(5)6/h16,18-21,23-28H,2,15,17,22H2,1,3-14H3. The van der Waals surface area contributed by atoms with Crippen LogP contribution in [0.3, 0.4) is 0 Å². The predicted molar refractivity (Wildman–Crippen MR) is 168 cm³/mol. The van der Waals surface area contributed by atoms with Gasteiger partial charge in [-0.15, -0.1) is 6.58 Å². The Morgan fingerprint density at radius 3 is 1.38 bits per heavy atom. The van der Waals surface area contributed by atoms with Crippen molar-refractivity contribution in [3.63, 3.8) is 0 Å². The van der Waals surface area contributed by atoms with Gasteiger partial charge in [-0.3, -0.25) is 0 Å². The Morgan fingerprint density at radius 1 is 0.676 bits per heavy atom. The van der Waals surface area contributed by atoms with Gasteiger partial charge in [-0.05, 0) is 98.3 Å². The minimum absolute atomic E-state index is 0.172. The molecule has 0 radical (unpaired) electrons. The summed E-state index contributed by atoms with van der Waals surface area (Å²) in [5.74, 6) is 3.12. The summed E-state index contributed by atoms with van der Waals surface area (Å²) in [4.78, 5) is 0. The fourth-order valence-electron chi connectivity index (χ4n) is 6.36. The van der Waals surface area contributed by atoms with Gasteiger partial charge in [-0.25, -0.2) is 0 Å². The van der Waals surface area contributed by atoms with Crippen LogP contribution in [0, 0.1) is 5.92 Å². The van der Waals surface area contributed by atoms with Gasteiger partial charge in [0.15, 0.2) is 0 Å². The second-order valence-corrected chi connectivity index (χ2v) is 13.8. The molecule has 0 amide bonds. The summed E-state index contributed by atoms with van der Waals surface area (Å²) in [6.07, 6.45) is 5.58. The smallest absolute Gasteiger partial charge is 0.000745 e. The SMILES string of the molecule is C=CC(C)c1c(C(C)C)cc(Cc2cc(C(C)C)c(C(C)(C)CC(C)CC)c(C(C)C)c2)cc1C(C)C. The highest BCUT2D eigenvalue weighted by atomic mass is 14.3. The van der Waals surface area contributed by atoms with Gasteiger partial charge in [0.25, 0.3) is 0 Å². The average molecular weight is 503 g/mol. The molecule has 0 spiro atoms. The third-order valence-corrected chi connectivity index (χ3v) is 8.50. The van der Waals surface area contributed by atoms with E-state index in [0.717, 1.165) is 12.3 Å². The third kappa shape index (κ3) is 7.40. The molecule has 206 valence electrons. The lowest BCUT2D eigenvalue weighted by molar-refractivity contribution is 0.366. The van der Waals surface area contributed by atoms with E-state index in [1.807, 2.05) is 0 Å². The zero-order valence-corrected chi connectivity index (χ0v) is 26.7. The lowest BCUT2D eigenvalue weighted by Gasteiger charge is -2.35. The molecule has 37 heavy (non-hydrogen) atoms. The predicted octanol–water partition coefficient (Wildman–Crippen LogP) is 11.8. The van der Waals surface area contributed by atoms with Gasteiger partial charge in [0.05, 0.1) is 0 Å². The summed E-state index contributed by atoms with van der Waals surface area (Å²) in [5.41, 5.74) is 12.3. The van der Waals surface area contributed by atoms with Crippen LogP contribution in [-0.2, 0) is 11.8 Å². The molecule has 0 aromatic heterocycles. The molecule has 0 aliphatic rings. The Labute approximate surface area is 231 Å². The third-order valence-electron chi connectivity index (χ3n) is 8.50. The van der Waals surface area contributed by atoms with E-state index in [0.29, 0.717) is 29.6 Å². The van der Waals surface area contributed by atoms with E-state index in [2.05, 4.69) is 127 Å². The minimum atomic E-state index is 0.172. The van der Waals surface area contributed by atoms with Gasteiger partial charge in [-0.1, -0.05) is 127 Å². The lowest BCUT2D eigenvalue weighted by atomic mass is 9.69. The molecule has 0 saturated heterocycles. The van der Waals surface area contributed by atoms with E-state index >= 15 is 0 Å². The number of benzene rings is 2. The number of hydrogen-bond acceptors (Lipinski definition) is 0. The Kier molecular flexibility index (Phi) is 10.9. The van der Waals surface area contributed by atoms with Gasteiger partial charge in [0, 0.05) is 0 Å². The summed E-state index contributed by atoms with van der Waals surface area (Å²) in [7, 11) is 0. The van der Waals surface area contributed by atoms with Crippen molar-refractivity contribution >= 4 is 0 Å². The molecule has 0 heteroatoms. The van der Waals surface area contributed by atoms with Crippen LogP contribution in [0.25, 0.3) is 0 Å². The molecule has 0 fully saturated rings. The van der Waals surface area contributed by atoms with Crippen LogP contribution in [-0.4, -0.2) is 0 Å². The van der Waals surface area contributed by atoms with Crippen LogP contribution in [0.4, 0.5) is 0 Å². The largest absolute Gasteiger partial charge is 0.102 e. The van der Waals surface area contributed by atoms with Gasteiger partial charge >= 0.3 is 0 Å². The fraction of sp³-hybridized carbons (Fsp3) is 0.622. The molecular formula is C37H58. The summed E-state index contributed by atoms with van der Waals surface area (Å²) in [5, 5.41) is 0. The van der Waals surface area contributed by atoms with Gasteiger partial charge < -0.3 is 0 Å². The Morgan fingerprint density at radius 2 is 1.05 bits per heavy atom. The van der Waals surface area contributed by atoms with Crippen molar-refractivity contribution in [2.45, 2.75) is 144 Å². The molecule has 0 N–H and O–H groups in total. The maximum atomic E-state index is 4.13. The van der Waals surface area contributed by atoms with Crippen molar-refractivity contribution < 1.29 is 0 Å². The van der Waals surface area contributed by atoms with Crippen LogP contribution < -0.4 is 0 Å². The molecule has 2 rings (SSSR count). The van der Waals surface area contributed by atoms with Crippen molar-refractivity contribution in [2.75, 3.05) is 0 Å². The van der Waals surface area contributed by atoms with Crippen molar-refractivity contribution in [3.05, 3.63) is 81.4 Å². The summed E-state index contributed by atoms with van der Waals surface area (Å²) >= 11 is 0. The number of allylic oxidation sites excluding steroid dienone is 1. The molecule has 2 unspecified atom stereocenters. The van der Waals surface area contributed by atoms with Gasteiger partial charge in [-0.2, -0.15) is 0 Å². The molecule has 0 bridgehead atoms. The van der Waals surface area contributed by atoms with Crippen LogP contribution in [0.1, 0.15) is 177 Å². The van der Waals surface area contributed by atoms with E-state index in [1.54, 1.807) is 16.7 Å². The van der Waals surface area contributed by atoms with E-state index in [-0.39, 0.29) is 5.41 Å². The molecular weight excluding hydrogens is 444 g/mol. The average Bonchev–Trinajstić information content (AvgIpc) is 2.81. The fourth-order valence-corrected chi connectivity index (χ4v) is 6.36. The van der Waals surface area contributed by atoms with Crippen LogP contribution in [0.15, 0.2) is 36.9 Å². The van der Waals surface area contributed by atoms with E-state index in [1.165, 1.54) is 40.7 Å². The molecule has 0 heterocycles. The van der Waals surface area contributed by atoms with Crippen molar-refractivity contribution in [2.24, 2.45) is 5.92 Å². The first-order chi connectivity index (χ1) is 17.1. The Bertz CT molecular complexity index is 986. The highest BCUT2D eigenvalue weighted by Crippen LogP contribution is 2.42. The molecule has 0 saturated carbocycles. The molecule has 0 nitrogen and oxygen atoms in total. The first-order valence-electron chi connectivity index (χ1n) is 15.1. The van der Waals surface area contributed by atoms with Gasteiger partial charge in [0.1, 0.15) is 0 Å². The summed E-state index contributed by atoms with van der Waals surface area (Å²) in [6.45, 7) is 35.0. The van der Waals surface area contributed by atoms with E-state index in [4.69, 9.17) is 0 Å². The van der Waals surface area contributed by atoms with Gasteiger partial charge in [0.2, 0.25) is 0 Å². The first-order valence-corrected chi connectivity index (χ1v) is 15.1. The molecule has 2 aromatic rings. The lowest BCUT2D eigenvalue weighted by Crippen LogP contribution is -2.25. The maximum absolute atomic E-state index is 4.13. The van der Waals surface area contributed by atoms with Crippen LogP contribution >= 0.6 is 0 Å².